The number of amides is 1. The van der Waals surface area contributed by atoms with Crippen molar-refractivity contribution in [3.05, 3.63) is 54.1 Å². The van der Waals surface area contributed by atoms with Crippen LogP contribution in [-0.4, -0.2) is 30.9 Å². The molecule has 0 fully saturated rings. The summed E-state index contributed by atoms with van der Waals surface area (Å²) in [5, 5.41) is 2.88. The van der Waals surface area contributed by atoms with Crippen molar-refractivity contribution in [2.75, 3.05) is 28.7 Å². The Kier molecular flexibility index (Phi) is 9.30. The van der Waals surface area contributed by atoms with Crippen molar-refractivity contribution < 1.29 is 13.6 Å². The van der Waals surface area contributed by atoms with Gasteiger partial charge >= 0.3 is 0 Å². The SMILES string of the molecule is CCCCCC(F)(F)CSc1ccc(NC(=O)c2ccccc2N(C)SC)cc1. The Morgan fingerprint density at radius 3 is 2.45 bits per heavy atom. The lowest BCUT2D eigenvalue weighted by atomic mass is 10.1. The van der Waals surface area contributed by atoms with Crippen LogP contribution in [0.2, 0.25) is 0 Å². The Labute approximate surface area is 180 Å². The minimum absolute atomic E-state index is 0.0636. The number of rotatable bonds is 11. The number of carbonyl (C=O) groups excluding carboxylic acids is 1. The van der Waals surface area contributed by atoms with Crippen LogP contribution in [0.5, 0.6) is 0 Å². The van der Waals surface area contributed by atoms with Crippen molar-refractivity contribution in [2.45, 2.75) is 43.4 Å². The summed E-state index contributed by atoms with van der Waals surface area (Å²) in [4.78, 5) is 13.4. The number of carbonyl (C=O) groups is 1. The molecular formula is C22H28F2N2OS2. The van der Waals surface area contributed by atoms with Gasteiger partial charge < -0.3 is 9.62 Å². The number of hydrogen-bond acceptors (Lipinski definition) is 4. The number of nitrogens with zero attached hydrogens (tertiary/aromatic N) is 1. The molecule has 0 unspecified atom stereocenters. The first kappa shape index (κ1) is 23.5. The first-order valence-corrected chi connectivity index (χ1v) is 11.8. The van der Waals surface area contributed by atoms with Gasteiger partial charge in [-0.2, -0.15) is 0 Å². The van der Waals surface area contributed by atoms with Gasteiger partial charge in [-0.1, -0.05) is 43.8 Å². The third-order valence-corrected chi connectivity index (χ3v) is 6.39. The molecule has 1 amide bonds. The Morgan fingerprint density at radius 1 is 1.10 bits per heavy atom. The van der Waals surface area contributed by atoms with Crippen molar-refractivity contribution in [3.8, 4) is 0 Å². The van der Waals surface area contributed by atoms with Gasteiger partial charge in [-0.15, -0.1) is 11.8 Å². The molecule has 29 heavy (non-hydrogen) atoms. The van der Waals surface area contributed by atoms with E-state index in [0.717, 1.165) is 35.2 Å². The maximum Gasteiger partial charge on any atom is 0.257 e. The highest BCUT2D eigenvalue weighted by Gasteiger charge is 2.28. The number of nitrogens with one attached hydrogen (secondary N) is 1. The number of thioether (sulfide) groups is 1. The maximum absolute atomic E-state index is 13.9. The van der Waals surface area contributed by atoms with Crippen LogP contribution in [0.25, 0.3) is 0 Å². The zero-order valence-electron chi connectivity index (χ0n) is 17.1. The summed E-state index contributed by atoms with van der Waals surface area (Å²) >= 11 is 2.67. The summed E-state index contributed by atoms with van der Waals surface area (Å²) in [7, 11) is 1.90. The van der Waals surface area contributed by atoms with Crippen molar-refractivity contribution in [3.63, 3.8) is 0 Å². The van der Waals surface area contributed by atoms with Gasteiger partial charge in [-0.25, -0.2) is 8.78 Å². The second-order valence-electron chi connectivity index (χ2n) is 6.78. The number of unbranched alkanes of at least 4 members (excludes halogenated alkanes) is 2. The van der Waals surface area contributed by atoms with Crippen molar-refractivity contribution in [1.82, 2.24) is 0 Å². The van der Waals surface area contributed by atoms with Gasteiger partial charge in [0, 0.05) is 30.3 Å². The summed E-state index contributed by atoms with van der Waals surface area (Å²) in [5.41, 5.74) is 2.04. The van der Waals surface area contributed by atoms with Crippen LogP contribution in [0.4, 0.5) is 20.2 Å². The normalized spacial score (nSPS) is 11.3. The van der Waals surface area contributed by atoms with Crippen LogP contribution in [0, 0.1) is 0 Å². The lowest BCUT2D eigenvalue weighted by Crippen LogP contribution is -2.19. The second-order valence-corrected chi connectivity index (χ2v) is 8.74. The molecule has 0 saturated carbocycles. The summed E-state index contributed by atoms with van der Waals surface area (Å²) in [5.74, 6) is -3.08. The van der Waals surface area contributed by atoms with E-state index in [4.69, 9.17) is 0 Å². The van der Waals surface area contributed by atoms with Crippen LogP contribution in [0.1, 0.15) is 43.0 Å². The monoisotopic (exact) mass is 438 g/mol. The molecule has 3 nitrogen and oxygen atoms in total. The molecule has 0 spiro atoms. The molecular weight excluding hydrogens is 410 g/mol. The van der Waals surface area contributed by atoms with Gasteiger partial charge in [0.05, 0.1) is 17.0 Å². The molecule has 2 rings (SSSR count). The van der Waals surface area contributed by atoms with Crippen LogP contribution < -0.4 is 9.62 Å². The molecule has 0 saturated heterocycles. The van der Waals surface area contributed by atoms with E-state index < -0.39 is 5.92 Å². The molecule has 0 aliphatic heterocycles. The molecule has 0 aliphatic carbocycles. The van der Waals surface area contributed by atoms with Gasteiger partial charge in [-0.3, -0.25) is 4.79 Å². The largest absolute Gasteiger partial charge is 0.322 e. The molecule has 0 radical (unpaired) electrons. The minimum atomic E-state index is -2.65. The second kappa shape index (κ2) is 11.5. The predicted octanol–water partition coefficient (Wildman–Crippen LogP) is 6.96. The topological polar surface area (TPSA) is 32.3 Å². The van der Waals surface area contributed by atoms with E-state index >= 15 is 0 Å². The van der Waals surface area contributed by atoms with Gasteiger partial charge in [0.25, 0.3) is 11.8 Å². The van der Waals surface area contributed by atoms with Gasteiger partial charge in [0.2, 0.25) is 0 Å². The van der Waals surface area contributed by atoms with Crippen LogP contribution in [0.15, 0.2) is 53.4 Å². The van der Waals surface area contributed by atoms with Gasteiger partial charge in [-0.05, 0) is 42.8 Å². The number of hydrogen-bond donors (Lipinski definition) is 1. The Morgan fingerprint density at radius 2 is 1.79 bits per heavy atom. The number of halogens is 2. The first-order chi connectivity index (χ1) is 13.9. The molecule has 158 valence electrons. The summed E-state index contributed by atoms with van der Waals surface area (Å²) in [6.07, 6.45) is 4.21. The first-order valence-electron chi connectivity index (χ1n) is 9.65. The zero-order chi connectivity index (χ0) is 21.3. The van der Waals surface area contributed by atoms with Gasteiger partial charge in [0.1, 0.15) is 0 Å². The molecule has 1 N–H and O–H groups in total. The molecule has 0 aromatic heterocycles. The molecule has 0 heterocycles. The van der Waals surface area contributed by atoms with E-state index in [-0.39, 0.29) is 18.1 Å². The average Bonchev–Trinajstić information content (AvgIpc) is 2.73. The summed E-state index contributed by atoms with van der Waals surface area (Å²) in [6.45, 7) is 2.01. The zero-order valence-corrected chi connectivity index (χ0v) is 18.7. The number of alkyl halides is 2. The number of benzene rings is 2. The standard InChI is InChI=1S/C22H28F2N2OS2/c1-4-5-8-15-22(23,24)16-29-18-13-11-17(12-14-18)25-21(27)19-9-6-7-10-20(19)26(2)28-3/h6-7,9-14H,4-5,8,15-16H2,1-3H3,(H,25,27). The lowest BCUT2D eigenvalue weighted by Gasteiger charge is -2.19. The highest BCUT2D eigenvalue weighted by Crippen LogP contribution is 2.31. The fourth-order valence-electron chi connectivity index (χ4n) is 2.77. The molecule has 0 atom stereocenters. The Hall–Kier alpha value is -1.73. The molecule has 0 aliphatic rings. The van der Waals surface area contributed by atoms with Crippen molar-refractivity contribution in [1.29, 1.82) is 0 Å². The fourth-order valence-corrected chi connectivity index (χ4v) is 3.97. The van der Waals surface area contributed by atoms with Gasteiger partial charge in [0.15, 0.2) is 0 Å². The lowest BCUT2D eigenvalue weighted by molar-refractivity contribution is 0.0158. The highest BCUT2D eigenvalue weighted by atomic mass is 32.2. The van der Waals surface area contributed by atoms with E-state index in [1.54, 1.807) is 30.3 Å². The number of anilines is 2. The Balaban J connectivity index is 1.95. The average molecular weight is 439 g/mol. The minimum Gasteiger partial charge on any atom is -0.322 e. The molecule has 7 heteroatoms. The smallest absolute Gasteiger partial charge is 0.257 e. The third kappa shape index (κ3) is 7.55. The Bertz CT molecular complexity index is 785. The maximum atomic E-state index is 13.9. The molecule has 0 bridgehead atoms. The van der Waals surface area contributed by atoms with Crippen molar-refractivity contribution >= 4 is 41.0 Å². The summed E-state index contributed by atoms with van der Waals surface area (Å²) < 4.78 is 29.8. The molecule has 2 aromatic rings. The van der Waals surface area contributed by atoms with E-state index in [1.807, 2.05) is 42.7 Å². The third-order valence-electron chi connectivity index (χ3n) is 4.47. The van der Waals surface area contributed by atoms with E-state index in [0.29, 0.717) is 17.7 Å². The quantitative estimate of drug-likeness (QED) is 0.233. The van der Waals surface area contributed by atoms with E-state index in [9.17, 15) is 13.6 Å². The van der Waals surface area contributed by atoms with Crippen molar-refractivity contribution in [2.24, 2.45) is 0 Å². The fraction of sp³-hybridized carbons (Fsp3) is 0.409. The predicted molar refractivity (Wildman–Crippen MR) is 123 cm³/mol. The number of para-hydroxylation sites is 1. The highest BCUT2D eigenvalue weighted by molar-refractivity contribution is 8.00. The van der Waals surface area contributed by atoms with E-state index in [2.05, 4.69) is 5.32 Å². The van der Waals surface area contributed by atoms with Crippen LogP contribution in [-0.2, 0) is 0 Å². The molecule has 2 aromatic carbocycles. The van der Waals surface area contributed by atoms with Crippen LogP contribution in [0.3, 0.4) is 0 Å². The summed E-state index contributed by atoms with van der Waals surface area (Å²) in [6, 6.07) is 14.4. The van der Waals surface area contributed by atoms with Crippen LogP contribution >= 0.6 is 23.7 Å². The van der Waals surface area contributed by atoms with E-state index in [1.165, 1.54) is 11.9 Å².